The van der Waals surface area contributed by atoms with Crippen LogP contribution < -0.4 is 0 Å². The van der Waals surface area contributed by atoms with E-state index < -0.39 is 0 Å². The maximum Gasteiger partial charge on any atom is 0.367 e. The molecule has 0 aliphatic carbocycles. The smallest absolute Gasteiger partial charge is 0.367 e. The van der Waals surface area contributed by atoms with Crippen molar-refractivity contribution in [2.24, 2.45) is 5.41 Å². The highest BCUT2D eigenvalue weighted by atomic mass is 32.2. The Morgan fingerprint density at radius 1 is 1.13 bits per heavy atom. The lowest BCUT2D eigenvalue weighted by molar-refractivity contribution is 0.157. The van der Waals surface area contributed by atoms with E-state index >= 15 is 0 Å². The molecule has 0 fully saturated rings. The normalized spacial score (nSPS) is 11.9. The van der Waals surface area contributed by atoms with Crippen molar-refractivity contribution in [3.8, 4) is 0 Å². The van der Waals surface area contributed by atoms with E-state index in [0.29, 0.717) is 6.61 Å². The monoisotopic (exact) mass is 234 g/mol. The molecule has 92 valence electrons. The maximum absolute atomic E-state index is 11.3. The van der Waals surface area contributed by atoms with Crippen LogP contribution in [0.25, 0.3) is 0 Å². The van der Waals surface area contributed by atoms with Crippen molar-refractivity contribution >= 4 is 17.1 Å². The molecule has 3 heteroatoms. The molecule has 0 spiro atoms. The Morgan fingerprint density at radius 3 is 1.93 bits per heavy atom. The molecule has 0 rings (SSSR count). The summed E-state index contributed by atoms with van der Waals surface area (Å²) in [5, 5.41) is -0.165. The zero-order valence-electron chi connectivity index (χ0n) is 10.1. The van der Waals surface area contributed by atoms with Gasteiger partial charge in [-0.3, -0.25) is 0 Å². The second-order valence-electron chi connectivity index (χ2n) is 5.62. The largest absolute Gasteiger partial charge is 0.458 e. The van der Waals surface area contributed by atoms with Gasteiger partial charge in [0.2, 0.25) is 0 Å². The molecule has 2 nitrogen and oxygen atoms in total. The summed E-state index contributed by atoms with van der Waals surface area (Å²) in [6.07, 6.45) is 0.906. The zero-order chi connectivity index (χ0) is 11.4. The first-order valence-electron chi connectivity index (χ1n) is 4.96. The lowest BCUT2D eigenvalue weighted by Crippen LogP contribution is -2.15. The third-order valence-corrected chi connectivity index (χ3v) is 2.36. The number of hydrogen-bond acceptors (Lipinski definition) is 3. The van der Waals surface area contributed by atoms with Crippen LogP contribution in [0.4, 0.5) is 4.79 Å². The first-order valence-corrected chi connectivity index (χ1v) is 5.78. The van der Waals surface area contributed by atoms with Crippen LogP contribution in [-0.4, -0.2) is 16.7 Å². The second-order valence-corrected chi connectivity index (χ2v) is 7.39. The third kappa shape index (κ3) is 13.8. The molecule has 0 heterocycles. The van der Waals surface area contributed by atoms with Crippen LogP contribution in [0.1, 0.15) is 55.4 Å². The van der Waals surface area contributed by atoms with Gasteiger partial charge in [0, 0.05) is 4.75 Å². The van der Waals surface area contributed by atoms with Crippen molar-refractivity contribution in [1.29, 1.82) is 0 Å². The van der Waals surface area contributed by atoms with Crippen LogP contribution in [0.5, 0.6) is 0 Å². The maximum atomic E-state index is 11.3. The summed E-state index contributed by atoms with van der Waals surface area (Å²) in [5.74, 6) is 0. The van der Waals surface area contributed by atoms with Gasteiger partial charge < -0.3 is 4.74 Å². The molecule has 0 aliphatic heterocycles. The molecule has 0 aliphatic rings. The van der Waals surface area contributed by atoms with Crippen LogP contribution in [0.2, 0.25) is 0 Å². The van der Waals surface area contributed by atoms with Gasteiger partial charge in [-0.15, -0.1) is 0 Å². The summed E-state index contributed by atoms with van der Waals surface area (Å²) in [7, 11) is 0. The van der Waals surface area contributed by atoms with E-state index in [1.807, 2.05) is 20.8 Å². The van der Waals surface area contributed by atoms with E-state index in [-0.39, 0.29) is 22.9 Å². The minimum absolute atomic E-state index is 0. The number of rotatable bonds is 2. The predicted molar refractivity (Wildman–Crippen MR) is 69.5 cm³/mol. The van der Waals surface area contributed by atoms with Crippen molar-refractivity contribution in [2.75, 3.05) is 6.61 Å². The highest BCUT2D eigenvalue weighted by Gasteiger charge is 2.18. The van der Waals surface area contributed by atoms with E-state index in [9.17, 15) is 4.79 Å². The topological polar surface area (TPSA) is 26.3 Å². The van der Waals surface area contributed by atoms with Crippen molar-refractivity contribution in [3.63, 3.8) is 0 Å². The Labute approximate surface area is 99.2 Å². The fourth-order valence-corrected chi connectivity index (χ4v) is 1.36. The van der Waals surface area contributed by atoms with Crippen molar-refractivity contribution in [2.45, 2.75) is 60.1 Å². The highest BCUT2D eigenvalue weighted by molar-refractivity contribution is 8.14. The van der Waals surface area contributed by atoms with E-state index in [0.717, 1.165) is 6.42 Å². The lowest BCUT2D eigenvalue weighted by atomic mass is 9.93. The molecule has 0 aromatic heterocycles. The second kappa shape index (κ2) is 6.41. The summed E-state index contributed by atoms with van der Waals surface area (Å²) in [5.41, 5.74) is 0.229. The van der Waals surface area contributed by atoms with E-state index in [2.05, 4.69) is 20.8 Å². The zero-order valence-corrected chi connectivity index (χ0v) is 11.0. The first kappa shape index (κ1) is 17.2. The van der Waals surface area contributed by atoms with Gasteiger partial charge in [0.05, 0.1) is 6.61 Å². The molecule has 0 radical (unpaired) electrons. The van der Waals surface area contributed by atoms with Gasteiger partial charge in [-0.1, -0.05) is 49.0 Å². The van der Waals surface area contributed by atoms with Gasteiger partial charge >= 0.3 is 5.30 Å². The van der Waals surface area contributed by atoms with Gasteiger partial charge in [-0.2, -0.15) is 0 Å². The standard InChI is InChI=1S/C11H22O2S.CH4/c1-10(2,3)7-8-13-9(12)14-11(4,5)6;/h7-8H2,1-6H3;1H4. The highest BCUT2D eigenvalue weighted by Crippen LogP contribution is 2.26. The Kier molecular flexibility index (Phi) is 7.36. The average Bonchev–Trinajstić information content (AvgIpc) is 1.78. The van der Waals surface area contributed by atoms with Gasteiger partial charge in [0.1, 0.15) is 0 Å². The van der Waals surface area contributed by atoms with Crippen LogP contribution in [0, 0.1) is 5.41 Å². The third-order valence-electron chi connectivity index (χ3n) is 1.46. The number of hydrogen-bond donors (Lipinski definition) is 0. The summed E-state index contributed by atoms with van der Waals surface area (Å²) < 4.78 is 5.06. The minimum atomic E-state index is -0.165. The number of ether oxygens (including phenoxy) is 1. The van der Waals surface area contributed by atoms with E-state index in [4.69, 9.17) is 4.74 Å². The molecular weight excluding hydrogens is 208 g/mol. The molecule has 0 atom stereocenters. The molecule has 0 amide bonds. The van der Waals surface area contributed by atoms with Crippen molar-refractivity contribution in [3.05, 3.63) is 0 Å². The van der Waals surface area contributed by atoms with Crippen molar-refractivity contribution in [1.82, 2.24) is 0 Å². The first-order chi connectivity index (χ1) is 6.10. The Balaban J connectivity index is 0. The fraction of sp³-hybridized carbons (Fsp3) is 0.917. The predicted octanol–water partition coefficient (Wildman–Crippen LogP) is 4.73. The number of carbonyl (C=O) groups is 1. The SMILES string of the molecule is C.CC(C)(C)CCOC(=O)SC(C)(C)C. The van der Waals surface area contributed by atoms with Gasteiger partial charge in [0.25, 0.3) is 0 Å². The molecule has 0 aromatic carbocycles. The number of carbonyl (C=O) groups excluding carboxylic acids is 1. The molecule has 15 heavy (non-hydrogen) atoms. The molecule has 0 N–H and O–H groups in total. The molecule has 0 bridgehead atoms. The van der Waals surface area contributed by atoms with Gasteiger partial charge in [-0.25, -0.2) is 4.79 Å². The van der Waals surface area contributed by atoms with E-state index in [1.165, 1.54) is 11.8 Å². The fourth-order valence-electron chi connectivity index (χ4n) is 0.720. The minimum Gasteiger partial charge on any atom is -0.458 e. The molecule has 0 saturated carbocycles. The molecule has 0 unspecified atom stereocenters. The quantitative estimate of drug-likeness (QED) is 0.646. The van der Waals surface area contributed by atoms with Crippen LogP contribution in [-0.2, 0) is 4.74 Å². The van der Waals surface area contributed by atoms with Crippen LogP contribution in [0.15, 0.2) is 0 Å². The molecule has 0 saturated heterocycles. The van der Waals surface area contributed by atoms with Crippen LogP contribution in [0.3, 0.4) is 0 Å². The Bertz CT molecular complexity index is 187. The summed E-state index contributed by atoms with van der Waals surface area (Å²) >= 11 is 1.25. The summed E-state index contributed by atoms with van der Waals surface area (Å²) in [6, 6.07) is 0. The van der Waals surface area contributed by atoms with Gasteiger partial charge in [0.15, 0.2) is 0 Å². The average molecular weight is 234 g/mol. The molecular formula is C12H26O2S. The number of thioether (sulfide) groups is 1. The Hall–Kier alpha value is -0.180. The Morgan fingerprint density at radius 2 is 1.60 bits per heavy atom. The summed E-state index contributed by atoms with van der Waals surface area (Å²) in [4.78, 5) is 11.3. The van der Waals surface area contributed by atoms with Gasteiger partial charge in [-0.05, 0) is 23.6 Å². The van der Waals surface area contributed by atoms with E-state index in [1.54, 1.807) is 0 Å². The lowest BCUT2D eigenvalue weighted by Gasteiger charge is -2.19. The van der Waals surface area contributed by atoms with Crippen molar-refractivity contribution < 1.29 is 9.53 Å². The summed E-state index contributed by atoms with van der Waals surface area (Å²) in [6.45, 7) is 12.9. The van der Waals surface area contributed by atoms with Crippen LogP contribution >= 0.6 is 11.8 Å². The molecule has 0 aromatic rings.